The van der Waals surface area contributed by atoms with Crippen molar-refractivity contribution in [2.24, 2.45) is 0 Å². The van der Waals surface area contributed by atoms with Crippen LogP contribution in [0.4, 0.5) is 10.2 Å². The third-order valence-corrected chi connectivity index (χ3v) is 7.84. The third kappa shape index (κ3) is 5.14. The first-order chi connectivity index (χ1) is 19.0. The minimum absolute atomic E-state index is 0.0323. The van der Waals surface area contributed by atoms with Crippen molar-refractivity contribution in [2.45, 2.75) is 39.2 Å². The molecule has 6 rings (SSSR count). The Hall–Kier alpha value is -3.76. The number of fused-ring (bicyclic) bond motifs is 2. The molecular formula is C29H33FN6O3. The van der Waals surface area contributed by atoms with E-state index >= 15 is 0 Å². The van der Waals surface area contributed by atoms with Crippen molar-refractivity contribution in [3.63, 3.8) is 0 Å². The molecule has 1 saturated heterocycles. The van der Waals surface area contributed by atoms with Crippen LogP contribution in [0.1, 0.15) is 23.7 Å². The number of rotatable bonds is 7. The van der Waals surface area contributed by atoms with E-state index in [0.717, 1.165) is 65.5 Å². The molecule has 2 aliphatic heterocycles. The second kappa shape index (κ2) is 10.8. The molecule has 204 valence electrons. The third-order valence-electron chi connectivity index (χ3n) is 7.84. The van der Waals surface area contributed by atoms with Gasteiger partial charge in [0.1, 0.15) is 6.67 Å². The van der Waals surface area contributed by atoms with Gasteiger partial charge in [0.25, 0.3) is 0 Å². The highest BCUT2D eigenvalue weighted by atomic mass is 19.1. The molecular weight excluding hydrogens is 499 g/mol. The first kappa shape index (κ1) is 25.5. The van der Waals surface area contributed by atoms with E-state index in [9.17, 15) is 14.3 Å². The second-order valence-electron chi connectivity index (χ2n) is 10.4. The number of carbonyl (C=O) groups is 1. The summed E-state index contributed by atoms with van der Waals surface area (Å²) >= 11 is 0. The molecule has 0 spiro atoms. The molecule has 0 aliphatic carbocycles. The molecule has 39 heavy (non-hydrogen) atoms. The van der Waals surface area contributed by atoms with Crippen molar-refractivity contribution in [2.75, 3.05) is 44.2 Å². The van der Waals surface area contributed by atoms with Gasteiger partial charge in [-0.05, 0) is 17.7 Å². The van der Waals surface area contributed by atoms with E-state index in [1.54, 1.807) is 19.1 Å². The van der Waals surface area contributed by atoms with E-state index in [-0.39, 0.29) is 5.91 Å². The zero-order valence-electron chi connectivity index (χ0n) is 22.1. The zero-order chi connectivity index (χ0) is 26.9. The number of hydrogen-bond donors (Lipinski definition) is 1. The normalized spacial score (nSPS) is 17.0. The predicted octanol–water partition coefficient (Wildman–Crippen LogP) is 3.25. The lowest BCUT2D eigenvalue weighted by Crippen LogP contribution is -2.49. The zero-order valence-corrected chi connectivity index (χ0v) is 22.1. The van der Waals surface area contributed by atoms with E-state index in [0.29, 0.717) is 38.2 Å². The summed E-state index contributed by atoms with van der Waals surface area (Å²) in [6.45, 7) is 6.34. The fourth-order valence-corrected chi connectivity index (χ4v) is 5.69. The Kier molecular flexibility index (Phi) is 7.05. The van der Waals surface area contributed by atoms with E-state index in [4.69, 9.17) is 9.62 Å². The van der Waals surface area contributed by atoms with Gasteiger partial charge in [0.05, 0.1) is 23.7 Å². The Balaban J connectivity index is 1.14. The predicted molar refractivity (Wildman–Crippen MR) is 146 cm³/mol. The average molecular weight is 533 g/mol. The van der Waals surface area contributed by atoms with Crippen molar-refractivity contribution in [3.05, 3.63) is 65.4 Å². The van der Waals surface area contributed by atoms with Crippen LogP contribution in [0.2, 0.25) is 0 Å². The molecule has 4 aromatic rings. The first-order valence-electron chi connectivity index (χ1n) is 13.5. The molecule has 2 aromatic heterocycles. The highest BCUT2D eigenvalue weighted by Gasteiger charge is 2.28. The summed E-state index contributed by atoms with van der Waals surface area (Å²) in [7, 11) is 0. The van der Waals surface area contributed by atoms with Gasteiger partial charge >= 0.3 is 0 Å². The SMILES string of the molecule is CC(=O)N1CCc2c(c(-c3ccc(CF)cc3)nn2CC(O)CN2CCN(c3noc4ccccc34)CC2)C1. The minimum atomic E-state index is -0.596. The lowest BCUT2D eigenvalue weighted by atomic mass is 10.00. The number of anilines is 1. The molecule has 9 nitrogen and oxygen atoms in total. The van der Waals surface area contributed by atoms with Gasteiger partial charge in [-0.3, -0.25) is 14.4 Å². The van der Waals surface area contributed by atoms with Crippen LogP contribution in [-0.4, -0.2) is 81.1 Å². The number of β-amino-alcohol motifs (C(OH)–C–C–N with tert-alkyl or cyclic N) is 1. The standard InChI is InChI=1S/C29H33FN6O3/c1-20(37)35-11-10-26-25(19-35)28(22-8-6-21(16-30)7-9-22)31-36(26)18-23(38)17-33-12-14-34(15-13-33)29-24-4-2-3-5-27(24)39-32-29/h2-9,23,38H,10-19H2,1H3. The fourth-order valence-electron chi connectivity index (χ4n) is 5.69. The summed E-state index contributed by atoms with van der Waals surface area (Å²) < 4.78 is 20.5. The maximum Gasteiger partial charge on any atom is 0.219 e. The number of benzene rings is 2. The molecule has 0 bridgehead atoms. The van der Waals surface area contributed by atoms with Crippen molar-refractivity contribution < 1.29 is 18.8 Å². The first-order valence-corrected chi connectivity index (χ1v) is 13.5. The van der Waals surface area contributed by atoms with Crippen molar-refractivity contribution in [1.29, 1.82) is 0 Å². The Labute approximate surface area is 226 Å². The van der Waals surface area contributed by atoms with Crippen molar-refractivity contribution in [3.8, 4) is 11.3 Å². The Morgan fingerprint density at radius 2 is 1.82 bits per heavy atom. The number of aliphatic hydroxyl groups is 1. The summed E-state index contributed by atoms with van der Waals surface area (Å²) in [5.74, 6) is 0.908. The number of aliphatic hydroxyl groups excluding tert-OH is 1. The number of carbonyl (C=O) groups excluding carboxylic acids is 1. The lowest BCUT2D eigenvalue weighted by molar-refractivity contribution is -0.129. The molecule has 10 heteroatoms. The summed E-state index contributed by atoms with van der Waals surface area (Å²) in [5, 5.41) is 21.3. The number of aromatic nitrogens is 3. The van der Waals surface area contributed by atoms with Gasteiger partial charge in [-0.1, -0.05) is 41.6 Å². The van der Waals surface area contributed by atoms with Crippen LogP contribution in [-0.2, 0) is 31.0 Å². The Morgan fingerprint density at radius 1 is 1.05 bits per heavy atom. The molecule has 1 atom stereocenters. The molecule has 1 amide bonds. The van der Waals surface area contributed by atoms with Crippen LogP contribution in [0.5, 0.6) is 0 Å². The van der Waals surface area contributed by atoms with Crippen molar-refractivity contribution >= 4 is 22.7 Å². The molecule has 1 fully saturated rings. The molecule has 4 heterocycles. The van der Waals surface area contributed by atoms with E-state index in [1.807, 2.05) is 46.0 Å². The van der Waals surface area contributed by atoms with Gasteiger partial charge in [0.2, 0.25) is 5.91 Å². The van der Waals surface area contributed by atoms with Crippen LogP contribution >= 0.6 is 0 Å². The van der Waals surface area contributed by atoms with E-state index < -0.39 is 12.8 Å². The molecule has 1 N–H and O–H groups in total. The number of nitrogens with zero attached hydrogens (tertiary/aromatic N) is 6. The van der Waals surface area contributed by atoms with Gasteiger partial charge in [-0.25, -0.2) is 4.39 Å². The number of halogens is 1. The highest BCUT2D eigenvalue weighted by Crippen LogP contribution is 2.31. The second-order valence-corrected chi connectivity index (χ2v) is 10.4. The number of para-hydroxylation sites is 1. The summed E-state index contributed by atoms with van der Waals surface area (Å²) in [4.78, 5) is 18.4. The van der Waals surface area contributed by atoms with Crippen molar-refractivity contribution in [1.82, 2.24) is 24.7 Å². The van der Waals surface area contributed by atoms with Gasteiger partial charge < -0.3 is 19.4 Å². The van der Waals surface area contributed by atoms with Crippen LogP contribution in [0.3, 0.4) is 0 Å². The number of amides is 1. The van der Waals surface area contributed by atoms with Gasteiger partial charge in [0.15, 0.2) is 11.4 Å². The van der Waals surface area contributed by atoms with E-state index in [1.165, 1.54) is 0 Å². The van der Waals surface area contributed by atoms with Crippen LogP contribution in [0, 0.1) is 0 Å². The largest absolute Gasteiger partial charge is 0.390 e. The molecule has 2 aromatic carbocycles. The molecule has 0 saturated carbocycles. The number of alkyl halides is 1. The highest BCUT2D eigenvalue weighted by molar-refractivity contribution is 5.88. The maximum atomic E-state index is 13.1. The quantitative estimate of drug-likeness (QED) is 0.391. The van der Waals surface area contributed by atoms with Gasteiger partial charge in [-0.15, -0.1) is 0 Å². The van der Waals surface area contributed by atoms with E-state index in [2.05, 4.69) is 15.0 Å². The summed E-state index contributed by atoms with van der Waals surface area (Å²) in [5.41, 5.74) is 5.14. The maximum absolute atomic E-state index is 13.1. The summed E-state index contributed by atoms with van der Waals surface area (Å²) in [6, 6.07) is 15.2. The fraction of sp³-hybridized carbons (Fsp3) is 0.414. The topological polar surface area (TPSA) is 90.9 Å². The monoisotopic (exact) mass is 532 g/mol. The smallest absolute Gasteiger partial charge is 0.219 e. The Bertz CT molecular complexity index is 1460. The average Bonchev–Trinajstić information content (AvgIpc) is 3.55. The van der Waals surface area contributed by atoms with Gasteiger partial charge in [-0.2, -0.15) is 5.10 Å². The summed E-state index contributed by atoms with van der Waals surface area (Å²) in [6.07, 6.45) is 0.0858. The Morgan fingerprint density at radius 3 is 2.56 bits per heavy atom. The number of piperazine rings is 1. The number of hydrogen-bond acceptors (Lipinski definition) is 7. The van der Waals surface area contributed by atoms with Crippen LogP contribution in [0.25, 0.3) is 22.2 Å². The lowest BCUT2D eigenvalue weighted by Gasteiger charge is -2.35. The van der Waals surface area contributed by atoms with Gasteiger partial charge in [0, 0.05) is 76.0 Å². The minimum Gasteiger partial charge on any atom is -0.390 e. The van der Waals surface area contributed by atoms with Crippen LogP contribution < -0.4 is 4.90 Å². The van der Waals surface area contributed by atoms with Crippen LogP contribution in [0.15, 0.2) is 53.1 Å². The molecule has 0 radical (unpaired) electrons. The molecule has 1 unspecified atom stereocenters. The molecule has 2 aliphatic rings.